The number of rotatable bonds is 9. The fourth-order valence-electron chi connectivity index (χ4n) is 2.24. The van der Waals surface area contributed by atoms with Gasteiger partial charge in [0, 0.05) is 29.1 Å². The van der Waals surface area contributed by atoms with Gasteiger partial charge in [-0.2, -0.15) is 0 Å². The number of hydrogen-bond acceptors (Lipinski definition) is 6. The van der Waals surface area contributed by atoms with Gasteiger partial charge in [0.25, 0.3) is 5.91 Å². The maximum absolute atomic E-state index is 12.0. The number of aliphatic carboxylic acids is 1. The number of carboxylic acid groups (broad SMARTS) is 1. The highest BCUT2D eigenvalue weighted by molar-refractivity contribution is 7.99. The molecule has 2 rings (SSSR count). The molecule has 0 aliphatic rings. The number of carbonyl (C=O) groups is 3. The van der Waals surface area contributed by atoms with Gasteiger partial charge in [-0.05, 0) is 38.1 Å². The van der Waals surface area contributed by atoms with Crippen molar-refractivity contribution in [3.05, 3.63) is 46.8 Å². The van der Waals surface area contributed by atoms with Crippen LogP contribution in [0.15, 0.2) is 28.8 Å². The summed E-state index contributed by atoms with van der Waals surface area (Å²) >= 11 is 1.46. The Balaban J connectivity index is 1.77. The number of aryl methyl sites for hydroxylation is 2. The van der Waals surface area contributed by atoms with Crippen molar-refractivity contribution in [2.75, 3.05) is 17.6 Å². The van der Waals surface area contributed by atoms with Gasteiger partial charge in [-0.15, -0.1) is 11.8 Å². The monoisotopic (exact) mass is 391 g/mol. The van der Waals surface area contributed by atoms with Gasteiger partial charge < -0.3 is 20.3 Å². The summed E-state index contributed by atoms with van der Waals surface area (Å²) in [5.41, 5.74) is 2.81. The lowest BCUT2D eigenvalue weighted by atomic mass is 10.2. The highest BCUT2D eigenvalue weighted by atomic mass is 32.2. The zero-order chi connectivity index (χ0) is 19.8. The minimum Gasteiger partial charge on any atom is -0.481 e. The zero-order valence-corrected chi connectivity index (χ0v) is 15.9. The largest absolute Gasteiger partial charge is 0.481 e. The molecule has 27 heavy (non-hydrogen) atoms. The number of carbonyl (C=O) groups excluding carboxylic acids is 2. The Morgan fingerprint density at radius 3 is 2.48 bits per heavy atom. The van der Waals surface area contributed by atoms with Crippen LogP contribution in [0.1, 0.15) is 33.8 Å². The second-order valence-electron chi connectivity index (χ2n) is 5.82. The predicted molar refractivity (Wildman–Crippen MR) is 102 cm³/mol. The average Bonchev–Trinajstić information content (AvgIpc) is 2.94. The molecule has 0 fully saturated rings. The van der Waals surface area contributed by atoms with Crippen molar-refractivity contribution in [3.8, 4) is 0 Å². The van der Waals surface area contributed by atoms with Gasteiger partial charge in [-0.1, -0.05) is 5.16 Å². The van der Waals surface area contributed by atoms with Crippen molar-refractivity contribution < 1.29 is 24.0 Å². The molecule has 1 heterocycles. The number of aromatic nitrogens is 1. The zero-order valence-electron chi connectivity index (χ0n) is 15.1. The molecule has 0 aliphatic carbocycles. The third kappa shape index (κ3) is 6.45. The molecule has 3 N–H and O–H groups in total. The molecule has 0 unspecified atom stereocenters. The molecule has 0 saturated carbocycles. The summed E-state index contributed by atoms with van der Waals surface area (Å²) in [5, 5.41) is 17.7. The Morgan fingerprint density at radius 1 is 1.19 bits per heavy atom. The van der Waals surface area contributed by atoms with Gasteiger partial charge in [0.1, 0.15) is 5.76 Å². The maximum atomic E-state index is 12.0. The molecule has 1 aromatic carbocycles. The Kier molecular flexibility index (Phi) is 7.42. The van der Waals surface area contributed by atoms with Crippen LogP contribution in [0.4, 0.5) is 5.69 Å². The highest BCUT2D eigenvalue weighted by Crippen LogP contribution is 2.19. The normalized spacial score (nSPS) is 10.4. The van der Waals surface area contributed by atoms with Crippen molar-refractivity contribution in [2.45, 2.75) is 26.0 Å². The van der Waals surface area contributed by atoms with Gasteiger partial charge in [-0.3, -0.25) is 14.4 Å². The van der Waals surface area contributed by atoms with Crippen LogP contribution in [0, 0.1) is 13.8 Å². The summed E-state index contributed by atoms with van der Waals surface area (Å²) in [6.45, 7) is 3.77. The highest BCUT2D eigenvalue weighted by Gasteiger charge is 2.11. The Labute approximate surface area is 160 Å². The van der Waals surface area contributed by atoms with Crippen LogP contribution in [0.25, 0.3) is 0 Å². The van der Waals surface area contributed by atoms with E-state index in [0.29, 0.717) is 17.0 Å². The van der Waals surface area contributed by atoms with Gasteiger partial charge in [-0.25, -0.2) is 0 Å². The van der Waals surface area contributed by atoms with Gasteiger partial charge in [0.05, 0.1) is 17.9 Å². The van der Waals surface area contributed by atoms with E-state index in [1.807, 2.05) is 13.8 Å². The third-order valence-electron chi connectivity index (χ3n) is 3.72. The van der Waals surface area contributed by atoms with Crippen molar-refractivity contribution in [2.24, 2.45) is 0 Å². The van der Waals surface area contributed by atoms with E-state index in [1.165, 1.54) is 11.8 Å². The first-order valence-electron chi connectivity index (χ1n) is 8.26. The van der Waals surface area contributed by atoms with Gasteiger partial charge in [0.2, 0.25) is 5.91 Å². The number of nitrogens with one attached hydrogen (secondary N) is 2. The van der Waals surface area contributed by atoms with E-state index in [-0.39, 0.29) is 30.5 Å². The molecule has 8 nitrogen and oxygen atoms in total. The number of anilines is 1. The Hall–Kier alpha value is -2.81. The van der Waals surface area contributed by atoms with Crippen molar-refractivity contribution in [1.82, 2.24) is 10.5 Å². The molecule has 9 heteroatoms. The summed E-state index contributed by atoms with van der Waals surface area (Å²) in [7, 11) is 0. The first-order chi connectivity index (χ1) is 12.9. The second kappa shape index (κ2) is 9.77. The Bertz CT molecular complexity index is 797. The average molecular weight is 391 g/mol. The number of thioether (sulfide) groups is 1. The van der Waals surface area contributed by atoms with E-state index in [1.54, 1.807) is 24.3 Å². The van der Waals surface area contributed by atoms with Crippen LogP contribution < -0.4 is 10.6 Å². The van der Waals surface area contributed by atoms with E-state index in [9.17, 15) is 14.4 Å². The van der Waals surface area contributed by atoms with E-state index < -0.39 is 5.97 Å². The van der Waals surface area contributed by atoms with Crippen molar-refractivity contribution in [1.29, 1.82) is 0 Å². The smallest absolute Gasteiger partial charge is 0.305 e. The van der Waals surface area contributed by atoms with Gasteiger partial charge >= 0.3 is 5.97 Å². The first kappa shape index (κ1) is 20.5. The van der Waals surface area contributed by atoms with Crippen molar-refractivity contribution >= 4 is 35.2 Å². The molecule has 0 spiro atoms. The van der Waals surface area contributed by atoms with Crippen LogP contribution in [-0.2, 0) is 15.3 Å². The van der Waals surface area contributed by atoms with Gasteiger partial charge in [0.15, 0.2) is 0 Å². The fourth-order valence-corrected chi connectivity index (χ4v) is 3.22. The summed E-state index contributed by atoms with van der Waals surface area (Å²) in [5.74, 6) is 0.207. The molecule has 0 saturated heterocycles. The van der Waals surface area contributed by atoms with Crippen LogP contribution in [0.3, 0.4) is 0 Å². The molecule has 144 valence electrons. The Morgan fingerprint density at radius 2 is 1.89 bits per heavy atom. The van der Waals surface area contributed by atoms with Crippen LogP contribution in [0.5, 0.6) is 0 Å². The summed E-state index contributed by atoms with van der Waals surface area (Å²) in [6, 6.07) is 6.40. The number of hydrogen-bond donors (Lipinski definition) is 3. The van der Waals surface area contributed by atoms with E-state index in [2.05, 4.69) is 15.8 Å². The summed E-state index contributed by atoms with van der Waals surface area (Å²) in [6.07, 6.45) is -0.133. The molecular weight excluding hydrogens is 370 g/mol. The van der Waals surface area contributed by atoms with E-state index in [0.717, 1.165) is 17.0 Å². The molecule has 1 aromatic heterocycles. The lowest BCUT2D eigenvalue weighted by Gasteiger charge is -2.07. The second-order valence-corrected chi connectivity index (χ2v) is 6.81. The summed E-state index contributed by atoms with van der Waals surface area (Å²) in [4.78, 5) is 34.3. The minimum atomic E-state index is -0.972. The number of benzene rings is 1. The maximum Gasteiger partial charge on any atom is 0.305 e. The fraction of sp³-hybridized carbons (Fsp3) is 0.333. The lowest BCUT2D eigenvalue weighted by molar-refractivity contribution is -0.136. The molecule has 0 atom stereocenters. The number of nitrogens with zero attached hydrogens (tertiary/aromatic N) is 1. The molecule has 0 aliphatic heterocycles. The van der Waals surface area contributed by atoms with Crippen molar-refractivity contribution in [3.63, 3.8) is 0 Å². The molecule has 2 aromatic rings. The van der Waals surface area contributed by atoms with Crippen LogP contribution in [-0.4, -0.2) is 40.3 Å². The summed E-state index contributed by atoms with van der Waals surface area (Å²) < 4.78 is 5.09. The molecular formula is C18H21N3O5S. The van der Waals surface area contributed by atoms with Crippen LogP contribution in [0.2, 0.25) is 0 Å². The standard InChI is InChI=1S/C18H21N3O5S/c1-11-15(12(2)26-21-11)9-27-10-16(22)20-14-5-3-13(4-6-14)18(25)19-8-7-17(23)24/h3-6H,7-10H2,1-2H3,(H,19,25)(H,20,22)(H,23,24). The predicted octanol–water partition coefficient (Wildman–Crippen LogP) is 2.37. The SMILES string of the molecule is Cc1noc(C)c1CSCC(=O)Nc1ccc(C(=O)NCCC(=O)O)cc1. The number of carboxylic acids is 1. The van der Waals surface area contributed by atoms with Crippen LogP contribution >= 0.6 is 11.8 Å². The quantitative estimate of drug-likeness (QED) is 0.600. The van der Waals surface area contributed by atoms with E-state index in [4.69, 9.17) is 9.63 Å². The third-order valence-corrected chi connectivity index (χ3v) is 4.68. The van der Waals surface area contributed by atoms with E-state index >= 15 is 0 Å². The minimum absolute atomic E-state index is 0.0645. The molecule has 2 amide bonds. The topological polar surface area (TPSA) is 122 Å². The number of amides is 2. The molecule has 0 radical (unpaired) electrons. The first-order valence-corrected chi connectivity index (χ1v) is 9.41. The lowest BCUT2D eigenvalue weighted by Crippen LogP contribution is -2.26. The molecule has 0 bridgehead atoms.